The van der Waals surface area contributed by atoms with Gasteiger partial charge in [0.05, 0.1) is 6.42 Å². The van der Waals surface area contributed by atoms with Gasteiger partial charge in [0.1, 0.15) is 0 Å². The number of carboxylic acids is 1. The second-order valence-corrected chi connectivity index (χ2v) is 5.04. The van der Waals surface area contributed by atoms with E-state index in [4.69, 9.17) is 16.7 Å². The van der Waals surface area contributed by atoms with Crippen molar-refractivity contribution in [3.63, 3.8) is 0 Å². The lowest BCUT2D eigenvalue weighted by Gasteiger charge is -2.09. The molecule has 1 amide bonds. The molecule has 0 saturated heterocycles. The summed E-state index contributed by atoms with van der Waals surface area (Å²) in [6.45, 7) is 1.78. The molecule has 0 aromatic heterocycles. The van der Waals surface area contributed by atoms with E-state index in [2.05, 4.69) is 5.32 Å². The maximum atomic E-state index is 12.2. The molecular weight excluding hydrogens is 290 g/mol. The van der Waals surface area contributed by atoms with E-state index in [0.29, 0.717) is 27.4 Å². The molecule has 21 heavy (non-hydrogen) atoms. The molecule has 0 heterocycles. The van der Waals surface area contributed by atoms with Crippen LogP contribution in [0.15, 0.2) is 42.5 Å². The summed E-state index contributed by atoms with van der Waals surface area (Å²) >= 11 is 6.00. The fraction of sp³-hybridized carbons (Fsp3) is 0.125. The number of hydrogen-bond donors (Lipinski definition) is 2. The second kappa shape index (κ2) is 6.41. The van der Waals surface area contributed by atoms with Crippen LogP contribution in [0.25, 0.3) is 0 Å². The topological polar surface area (TPSA) is 66.4 Å². The van der Waals surface area contributed by atoms with Gasteiger partial charge in [0.25, 0.3) is 5.91 Å². The first-order valence-corrected chi connectivity index (χ1v) is 6.72. The Morgan fingerprint density at radius 3 is 2.62 bits per heavy atom. The lowest BCUT2D eigenvalue weighted by atomic mass is 10.1. The molecule has 0 radical (unpaired) electrons. The largest absolute Gasteiger partial charge is 0.481 e. The van der Waals surface area contributed by atoms with E-state index in [9.17, 15) is 9.59 Å². The van der Waals surface area contributed by atoms with Gasteiger partial charge in [-0.25, -0.2) is 0 Å². The Morgan fingerprint density at radius 2 is 1.90 bits per heavy atom. The van der Waals surface area contributed by atoms with Gasteiger partial charge >= 0.3 is 5.97 Å². The van der Waals surface area contributed by atoms with Crippen molar-refractivity contribution in [2.45, 2.75) is 13.3 Å². The normalized spacial score (nSPS) is 10.2. The van der Waals surface area contributed by atoms with Crippen LogP contribution >= 0.6 is 11.6 Å². The zero-order valence-corrected chi connectivity index (χ0v) is 12.1. The quantitative estimate of drug-likeness (QED) is 0.908. The number of carbonyl (C=O) groups excluding carboxylic acids is 1. The molecule has 0 bridgehead atoms. The minimum Gasteiger partial charge on any atom is -0.481 e. The SMILES string of the molecule is Cc1c(Cl)cccc1C(=O)Nc1cccc(CC(=O)O)c1. The summed E-state index contributed by atoms with van der Waals surface area (Å²) in [5, 5.41) is 12.1. The molecule has 2 rings (SSSR count). The Bertz CT molecular complexity index is 698. The highest BCUT2D eigenvalue weighted by Crippen LogP contribution is 2.20. The molecule has 0 spiro atoms. The van der Waals surface area contributed by atoms with Gasteiger partial charge in [-0.3, -0.25) is 9.59 Å². The molecule has 2 aromatic rings. The molecule has 0 aliphatic rings. The molecular formula is C16H14ClNO3. The molecule has 0 fully saturated rings. The van der Waals surface area contributed by atoms with E-state index in [1.54, 1.807) is 49.4 Å². The number of hydrogen-bond acceptors (Lipinski definition) is 2. The summed E-state index contributed by atoms with van der Waals surface area (Å²) in [6, 6.07) is 11.9. The maximum Gasteiger partial charge on any atom is 0.307 e. The van der Waals surface area contributed by atoms with Crippen LogP contribution in [0, 0.1) is 6.92 Å². The number of carboxylic acid groups (broad SMARTS) is 1. The number of rotatable bonds is 4. The van der Waals surface area contributed by atoms with Crippen LogP contribution in [0.4, 0.5) is 5.69 Å². The molecule has 108 valence electrons. The number of aliphatic carboxylic acids is 1. The number of carbonyl (C=O) groups is 2. The average Bonchev–Trinajstić information content (AvgIpc) is 2.41. The second-order valence-electron chi connectivity index (χ2n) is 4.64. The first kappa shape index (κ1) is 15.1. The molecule has 5 heteroatoms. The maximum absolute atomic E-state index is 12.2. The lowest BCUT2D eigenvalue weighted by molar-refractivity contribution is -0.136. The third-order valence-corrected chi connectivity index (χ3v) is 3.46. The number of nitrogens with one attached hydrogen (secondary N) is 1. The number of amides is 1. The molecule has 0 aliphatic heterocycles. The van der Waals surface area contributed by atoms with Crippen molar-refractivity contribution in [2.24, 2.45) is 0 Å². The van der Waals surface area contributed by atoms with Crippen LogP contribution in [0.2, 0.25) is 5.02 Å². The first-order chi connectivity index (χ1) is 9.97. The molecule has 0 atom stereocenters. The summed E-state index contributed by atoms with van der Waals surface area (Å²) in [7, 11) is 0. The van der Waals surface area contributed by atoms with Gasteiger partial charge in [-0.05, 0) is 42.3 Å². The van der Waals surface area contributed by atoms with Gasteiger partial charge in [-0.2, -0.15) is 0 Å². The van der Waals surface area contributed by atoms with Crippen LogP contribution < -0.4 is 5.32 Å². The predicted octanol–water partition coefficient (Wildman–Crippen LogP) is 3.53. The van der Waals surface area contributed by atoms with Gasteiger partial charge in [0, 0.05) is 16.3 Å². The van der Waals surface area contributed by atoms with Crippen molar-refractivity contribution in [1.82, 2.24) is 0 Å². The minimum atomic E-state index is -0.913. The molecule has 2 N–H and O–H groups in total. The van der Waals surface area contributed by atoms with Crippen molar-refractivity contribution in [3.8, 4) is 0 Å². The Kier molecular flexibility index (Phi) is 4.60. The smallest absolute Gasteiger partial charge is 0.307 e. The van der Waals surface area contributed by atoms with E-state index in [-0.39, 0.29) is 12.3 Å². The van der Waals surface area contributed by atoms with Crippen molar-refractivity contribution in [3.05, 3.63) is 64.2 Å². The van der Waals surface area contributed by atoms with Crippen molar-refractivity contribution >= 4 is 29.2 Å². The van der Waals surface area contributed by atoms with E-state index >= 15 is 0 Å². The van der Waals surface area contributed by atoms with Gasteiger partial charge in [-0.15, -0.1) is 0 Å². The summed E-state index contributed by atoms with van der Waals surface area (Å²) in [5.74, 6) is -1.19. The fourth-order valence-corrected chi connectivity index (χ4v) is 2.16. The summed E-state index contributed by atoms with van der Waals surface area (Å²) in [4.78, 5) is 22.9. The highest BCUT2D eigenvalue weighted by atomic mass is 35.5. The lowest BCUT2D eigenvalue weighted by Crippen LogP contribution is -2.13. The molecule has 0 aliphatic carbocycles. The molecule has 2 aromatic carbocycles. The van der Waals surface area contributed by atoms with Crippen LogP contribution in [0.5, 0.6) is 0 Å². The van der Waals surface area contributed by atoms with Crippen LogP contribution in [0.1, 0.15) is 21.5 Å². The van der Waals surface area contributed by atoms with Gasteiger partial charge in [0.15, 0.2) is 0 Å². The Balaban J connectivity index is 2.20. The highest BCUT2D eigenvalue weighted by Gasteiger charge is 2.11. The van der Waals surface area contributed by atoms with E-state index < -0.39 is 5.97 Å². The predicted molar refractivity (Wildman–Crippen MR) is 81.9 cm³/mol. The summed E-state index contributed by atoms with van der Waals surface area (Å²) < 4.78 is 0. The third kappa shape index (κ3) is 3.83. The number of halogens is 1. The molecule has 0 saturated carbocycles. The molecule has 4 nitrogen and oxygen atoms in total. The van der Waals surface area contributed by atoms with Crippen LogP contribution in [-0.4, -0.2) is 17.0 Å². The third-order valence-electron chi connectivity index (χ3n) is 3.05. The molecule has 0 unspecified atom stereocenters. The Labute approximate surface area is 127 Å². The fourth-order valence-electron chi connectivity index (χ4n) is 1.99. The van der Waals surface area contributed by atoms with E-state index in [1.807, 2.05) is 0 Å². The number of anilines is 1. The average molecular weight is 304 g/mol. The standard InChI is InChI=1S/C16H14ClNO3/c1-10-13(6-3-7-14(10)17)16(21)18-12-5-2-4-11(8-12)9-15(19)20/h2-8H,9H2,1H3,(H,18,21)(H,19,20). The monoisotopic (exact) mass is 303 g/mol. The zero-order chi connectivity index (χ0) is 15.4. The number of benzene rings is 2. The first-order valence-electron chi connectivity index (χ1n) is 6.34. The van der Waals surface area contributed by atoms with Crippen molar-refractivity contribution < 1.29 is 14.7 Å². The Hall–Kier alpha value is -2.33. The van der Waals surface area contributed by atoms with E-state index in [1.165, 1.54) is 0 Å². The van der Waals surface area contributed by atoms with Gasteiger partial charge in [-0.1, -0.05) is 29.8 Å². The summed E-state index contributed by atoms with van der Waals surface area (Å²) in [6.07, 6.45) is -0.0834. The van der Waals surface area contributed by atoms with E-state index in [0.717, 1.165) is 0 Å². The summed E-state index contributed by atoms with van der Waals surface area (Å²) in [5.41, 5.74) is 2.38. The van der Waals surface area contributed by atoms with Crippen molar-refractivity contribution in [1.29, 1.82) is 0 Å². The Morgan fingerprint density at radius 1 is 1.19 bits per heavy atom. The minimum absolute atomic E-state index is 0.0834. The van der Waals surface area contributed by atoms with Crippen LogP contribution in [0.3, 0.4) is 0 Å². The van der Waals surface area contributed by atoms with Gasteiger partial charge < -0.3 is 10.4 Å². The van der Waals surface area contributed by atoms with Crippen molar-refractivity contribution in [2.75, 3.05) is 5.32 Å². The zero-order valence-electron chi connectivity index (χ0n) is 11.4. The van der Waals surface area contributed by atoms with Crippen LogP contribution in [-0.2, 0) is 11.2 Å². The highest BCUT2D eigenvalue weighted by molar-refractivity contribution is 6.32. The van der Waals surface area contributed by atoms with Gasteiger partial charge in [0.2, 0.25) is 0 Å².